The molecule has 4 heterocycles. The summed E-state index contributed by atoms with van der Waals surface area (Å²) in [5.41, 5.74) is 4.67. The van der Waals surface area contributed by atoms with Gasteiger partial charge in [0.2, 0.25) is 5.95 Å². The lowest BCUT2D eigenvalue weighted by atomic mass is 9.99. The zero-order chi connectivity index (χ0) is 19.6. The number of nitrogens with zero attached hydrogens (tertiary/aromatic N) is 5. The standard InChI is InChI=1S/C23H23N5O/c29-22(28-14-9-17-5-1-2-6-19(17)16-28)20-15-25-23(27-12-3-4-13-27)26-21(20)18-7-10-24-11-8-18/h1-2,5-8,10-11,15H,3-4,9,12-14,16H2. The molecule has 6 heteroatoms. The van der Waals surface area contributed by atoms with Crippen LogP contribution in [0.4, 0.5) is 5.95 Å². The van der Waals surface area contributed by atoms with Gasteiger partial charge in [0.05, 0.1) is 11.3 Å². The van der Waals surface area contributed by atoms with E-state index in [1.54, 1.807) is 18.6 Å². The largest absolute Gasteiger partial charge is 0.341 e. The van der Waals surface area contributed by atoms with Crippen molar-refractivity contribution in [1.29, 1.82) is 0 Å². The maximum Gasteiger partial charge on any atom is 0.257 e. The second kappa shape index (κ2) is 7.62. The van der Waals surface area contributed by atoms with Crippen molar-refractivity contribution in [2.24, 2.45) is 0 Å². The molecule has 0 unspecified atom stereocenters. The Kier molecular flexibility index (Phi) is 4.68. The van der Waals surface area contributed by atoms with Gasteiger partial charge >= 0.3 is 0 Å². The third-order valence-electron chi connectivity index (χ3n) is 5.77. The second-order valence-corrected chi connectivity index (χ2v) is 7.61. The van der Waals surface area contributed by atoms with Gasteiger partial charge in [0.1, 0.15) is 0 Å². The highest BCUT2D eigenvalue weighted by atomic mass is 16.2. The summed E-state index contributed by atoms with van der Waals surface area (Å²) in [7, 11) is 0. The lowest BCUT2D eigenvalue weighted by Gasteiger charge is -2.29. The number of carbonyl (C=O) groups excluding carboxylic acids is 1. The average Bonchev–Trinajstić information content (AvgIpc) is 3.33. The molecule has 29 heavy (non-hydrogen) atoms. The Morgan fingerprint density at radius 2 is 1.69 bits per heavy atom. The first kappa shape index (κ1) is 17.8. The van der Waals surface area contributed by atoms with Crippen LogP contribution in [0.5, 0.6) is 0 Å². The van der Waals surface area contributed by atoms with E-state index in [-0.39, 0.29) is 5.91 Å². The van der Waals surface area contributed by atoms with Crippen LogP contribution in [0.2, 0.25) is 0 Å². The van der Waals surface area contributed by atoms with E-state index < -0.39 is 0 Å². The average molecular weight is 385 g/mol. The van der Waals surface area contributed by atoms with Crippen LogP contribution in [0.15, 0.2) is 55.0 Å². The van der Waals surface area contributed by atoms with E-state index in [1.165, 1.54) is 11.1 Å². The molecule has 0 spiro atoms. The molecule has 0 N–H and O–H groups in total. The van der Waals surface area contributed by atoms with Gasteiger partial charge in [-0.05, 0) is 42.5 Å². The summed E-state index contributed by atoms with van der Waals surface area (Å²) in [5.74, 6) is 0.689. The summed E-state index contributed by atoms with van der Waals surface area (Å²) in [6, 6.07) is 12.1. The monoisotopic (exact) mass is 385 g/mol. The van der Waals surface area contributed by atoms with Crippen LogP contribution in [0.1, 0.15) is 34.3 Å². The number of anilines is 1. The maximum absolute atomic E-state index is 13.5. The van der Waals surface area contributed by atoms with Gasteiger partial charge in [0.15, 0.2) is 0 Å². The predicted molar refractivity (Wildman–Crippen MR) is 112 cm³/mol. The first-order valence-electron chi connectivity index (χ1n) is 10.2. The van der Waals surface area contributed by atoms with Gasteiger partial charge in [-0.3, -0.25) is 9.78 Å². The lowest BCUT2D eigenvalue weighted by Crippen LogP contribution is -2.36. The predicted octanol–water partition coefficient (Wildman–Crippen LogP) is 3.34. The Balaban J connectivity index is 1.51. The van der Waals surface area contributed by atoms with Crippen molar-refractivity contribution in [1.82, 2.24) is 19.9 Å². The number of amides is 1. The number of benzene rings is 1. The smallest absolute Gasteiger partial charge is 0.257 e. The highest BCUT2D eigenvalue weighted by Crippen LogP contribution is 2.27. The molecule has 0 bridgehead atoms. The van der Waals surface area contributed by atoms with Crippen molar-refractivity contribution >= 4 is 11.9 Å². The summed E-state index contributed by atoms with van der Waals surface area (Å²) in [4.78, 5) is 31.0. The van der Waals surface area contributed by atoms with Gasteiger partial charge in [0, 0.05) is 50.3 Å². The highest BCUT2D eigenvalue weighted by molar-refractivity contribution is 6.00. The van der Waals surface area contributed by atoms with E-state index in [4.69, 9.17) is 4.98 Å². The SMILES string of the molecule is O=C(c1cnc(N2CCCC2)nc1-c1ccncc1)N1CCc2ccccc2C1. The Morgan fingerprint density at radius 1 is 0.931 bits per heavy atom. The van der Waals surface area contributed by atoms with Crippen molar-refractivity contribution in [2.45, 2.75) is 25.8 Å². The quantitative estimate of drug-likeness (QED) is 0.692. The fourth-order valence-electron chi connectivity index (χ4n) is 4.17. The molecule has 0 saturated carbocycles. The van der Waals surface area contributed by atoms with E-state index in [2.05, 4.69) is 33.1 Å². The third-order valence-corrected chi connectivity index (χ3v) is 5.77. The van der Waals surface area contributed by atoms with Crippen LogP contribution < -0.4 is 4.90 Å². The minimum absolute atomic E-state index is 0.0145. The lowest BCUT2D eigenvalue weighted by molar-refractivity contribution is 0.0734. The molecule has 1 aromatic carbocycles. The number of carbonyl (C=O) groups is 1. The van der Waals surface area contributed by atoms with Gasteiger partial charge in [-0.1, -0.05) is 24.3 Å². The molecule has 6 nitrogen and oxygen atoms in total. The van der Waals surface area contributed by atoms with Crippen molar-refractivity contribution in [3.63, 3.8) is 0 Å². The summed E-state index contributed by atoms with van der Waals surface area (Å²) in [6.45, 7) is 3.26. The molecular weight excluding hydrogens is 362 g/mol. The van der Waals surface area contributed by atoms with E-state index in [0.717, 1.165) is 37.9 Å². The molecule has 1 amide bonds. The van der Waals surface area contributed by atoms with Gasteiger partial charge in [-0.15, -0.1) is 0 Å². The molecule has 2 aliphatic heterocycles. The normalized spacial score (nSPS) is 16.0. The first-order chi connectivity index (χ1) is 14.3. The molecule has 0 aliphatic carbocycles. The molecule has 146 valence electrons. The minimum atomic E-state index is -0.0145. The molecule has 2 aliphatic rings. The minimum Gasteiger partial charge on any atom is -0.341 e. The zero-order valence-corrected chi connectivity index (χ0v) is 16.3. The van der Waals surface area contributed by atoms with Crippen LogP contribution >= 0.6 is 0 Å². The Hall–Kier alpha value is -3.28. The van der Waals surface area contributed by atoms with Crippen LogP contribution in [-0.2, 0) is 13.0 Å². The van der Waals surface area contributed by atoms with Crippen molar-refractivity contribution in [3.8, 4) is 11.3 Å². The molecule has 0 radical (unpaired) electrons. The summed E-state index contributed by atoms with van der Waals surface area (Å²) < 4.78 is 0. The highest BCUT2D eigenvalue weighted by Gasteiger charge is 2.26. The fourth-order valence-corrected chi connectivity index (χ4v) is 4.17. The van der Waals surface area contributed by atoms with Crippen molar-refractivity contribution in [3.05, 3.63) is 71.7 Å². The molecular formula is C23H23N5O. The van der Waals surface area contributed by atoms with Crippen molar-refractivity contribution < 1.29 is 4.79 Å². The van der Waals surface area contributed by atoms with Crippen LogP contribution in [0, 0.1) is 0 Å². The Morgan fingerprint density at radius 3 is 2.48 bits per heavy atom. The topological polar surface area (TPSA) is 62.2 Å². The summed E-state index contributed by atoms with van der Waals surface area (Å²) >= 11 is 0. The van der Waals surface area contributed by atoms with E-state index in [0.29, 0.717) is 30.3 Å². The Bertz CT molecular complexity index is 1030. The van der Waals surface area contributed by atoms with Gasteiger partial charge < -0.3 is 9.80 Å². The number of aromatic nitrogens is 3. The number of hydrogen-bond donors (Lipinski definition) is 0. The third kappa shape index (κ3) is 3.46. The van der Waals surface area contributed by atoms with E-state index in [1.807, 2.05) is 23.1 Å². The maximum atomic E-state index is 13.5. The first-order valence-corrected chi connectivity index (χ1v) is 10.2. The molecule has 1 saturated heterocycles. The number of hydrogen-bond acceptors (Lipinski definition) is 5. The number of fused-ring (bicyclic) bond motifs is 1. The van der Waals surface area contributed by atoms with E-state index >= 15 is 0 Å². The van der Waals surface area contributed by atoms with Gasteiger partial charge in [0.25, 0.3) is 5.91 Å². The second-order valence-electron chi connectivity index (χ2n) is 7.61. The van der Waals surface area contributed by atoms with Gasteiger partial charge in [-0.2, -0.15) is 0 Å². The zero-order valence-electron chi connectivity index (χ0n) is 16.3. The summed E-state index contributed by atoms with van der Waals surface area (Å²) in [6.07, 6.45) is 8.36. The van der Waals surface area contributed by atoms with Gasteiger partial charge in [-0.25, -0.2) is 9.97 Å². The number of rotatable bonds is 3. The molecule has 1 fully saturated rings. The Labute approximate surface area is 170 Å². The summed E-state index contributed by atoms with van der Waals surface area (Å²) in [5, 5.41) is 0. The molecule has 5 rings (SSSR count). The van der Waals surface area contributed by atoms with Crippen molar-refractivity contribution in [2.75, 3.05) is 24.5 Å². The van der Waals surface area contributed by atoms with E-state index in [9.17, 15) is 4.79 Å². The molecule has 2 aromatic heterocycles. The van der Waals surface area contributed by atoms with Crippen LogP contribution in [-0.4, -0.2) is 45.4 Å². The van der Waals surface area contributed by atoms with Crippen LogP contribution in [0.25, 0.3) is 11.3 Å². The van der Waals surface area contributed by atoms with Crippen LogP contribution in [0.3, 0.4) is 0 Å². The fraction of sp³-hybridized carbons (Fsp3) is 0.304. The molecule has 3 aromatic rings. The number of pyridine rings is 1. The molecule has 0 atom stereocenters.